The lowest BCUT2D eigenvalue weighted by Gasteiger charge is -2.29. The third kappa shape index (κ3) is 6.24. The molecule has 1 amide bonds. The van der Waals surface area contributed by atoms with Gasteiger partial charge in [-0.15, -0.1) is 10.1 Å². The van der Waals surface area contributed by atoms with Crippen LogP contribution in [-0.4, -0.2) is 55.5 Å². The van der Waals surface area contributed by atoms with Crippen LogP contribution in [0.5, 0.6) is 0 Å². The molecule has 1 rings (SSSR count). The molecule has 8 nitrogen and oxygen atoms in total. The van der Waals surface area contributed by atoms with E-state index in [9.17, 15) is 14.9 Å². The van der Waals surface area contributed by atoms with Crippen molar-refractivity contribution in [2.45, 2.75) is 25.4 Å². The minimum atomic E-state index is -0.851. The van der Waals surface area contributed by atoms with Crippen LogP contribution in [0.15, 0.2) is 0 Å². The molecular formula is C10H19N3O5. The fraction of sp³-hybridized carbons (Fsp3) is 0.900. The van der Waals surface area contributed by atoms with E-state index in [2.05, 4.69) is 15.1 Å². The molecule has 1 fully saturated rings. The van der Waals surface area contributed by atoms with E-state index in [0.717, 1.165) is 25.9 Å². The molecule has 1 saturated heterocycles. The topological polar surface area (TPSA) is 93.9 Å². The van der Waals surface area contributed by atoms with Crippen molar-refractivity contribution in [2.24, 2.45) is 0 Å². The second kappa shape index (κ2) is 7.70. The number of alkyl carbamates (subject to hydrolysis) is 1. The molecule has 0 aromatic heterocycles. The SMILES string of the molecule is CN1CCCC(OC(=O)NCCCO[N+](=O)[O-])C1. The zero-order valence-corrected chi connectivity index (χ0v) is 10.5. The van der Waals surface area contributed by atoms with E-state index in [1.54, 1.807) is 0 Å². The lowest BCUT2D eigenvalue weighted by molar-refractivity contribution is -0.757. The van der Waals surface area contributed by atoms with Crippen molar-refractivity contribution in [3.05, 3.63) is 10.1 Å². The molecule has 1 aliphatic rings. The summed E-state index contributed by atoms with van der Waals surface area (Å²) in [5, 5.41) is 11.5. The van der Waals surface area contributed by atoms with Crippen molar-refractivity contribution in [1.29, 1.82) is 0 Å². The van der Waals surface area contributed by atoms with Crippen LogP contribution in [-0.2, 0) is 9.57 Å². The fourth-order valence-corrected chi connectivity index (χ4v) is 1.81. The van der Waals surface area contributed by atoms with Gasteiger partial charge in [0.15, 0.2) is 0 Å². The normalized spacial score (nSPS) is 20.2. The van der Waals surface area contributed by atoms with E-state index < -0.39 is 11.2 Å². The van der Waals surface area contributed by atoms with E-state index >= 15 is 0 Å². The van der Waals surface area contributed by atoms with E-state index in [4.69, 9.17) is 4.74 Å². The van der Waals surface area contributed by atoms with Crippen LogP contribution in [0, 0.1) is 10.1 Å². The van der Waals surface area contributed by atoms with Crippen LogP contribution in [0.4, 0.5) is 4.79 Å². The molecule has 0 radical (unpaired) electrons. The number of amides is 1. The number of nitrogens with one attached hydrogen (secondary N) is 1. The van der Waals surface area contributed by atoms with Gasteiger partial charge in [-0.1, -0.05) is 0 Å². The van der Waals surface area contributed by atoms with Gasteiger partial charge in [0.2, 0.25) is 0 Å². The molecule has 104 valence electrons. The molecule has 0 aromatic rings. The van der Waals surface area contributed by atoms with Gasteiger partial charge in [-0.25, -0.2) is 4.79 Å². The van der Waals surface area contributed by atoms with Gasteiger partial charge in [-0.05, 0) is 32.9 Å². The van der Waals surface area contributed by atoms with Gasteiger partial charge in [-0.2, -0.15) is 0 Å². The lowest BCUT2D eigenvalue weighted by atomic mass is 10.1. The first-order valence-electron chi connectivity index (χ1n) is 5.98. The first-order chi connectivity index (χ1) is 8.58. The van der Waals surface area contributed by atoms with E-state index in [1.807, 2.05) is 7.05 Å². The van der Waals surface area contributed by atoms with Gasteiger partial charge < -0.3 is 19.8 Å². The number of hydrogen-bond acceptors (Lipinski definition) is 6. The van der Waals surface area contributed by atoms with Gasteiger partial charge in [-0.3, -0.25) is 0 Å². The molecule has 0 spiro atoms. The number of likely N-dealkylation sites (N-methyl/N-ethyl adjacent to an activating group) is 1. The molecule has 0 aromatic carbocycles. The summed E-state index contributed by atoms with van der Waals surface area (Å²) in [7, 11) is 1.99. The largest absolute Gasteiger partial charge is 0.445 e. The Morgan fingerprint density at radius 1 is 1.61 bits per heavy atom. The van der Waals surface area contributed by atoms with E-state index in [0.29, 0.717) is 13.0 Å². The Hall–Kier alpha value is -1.57. The number of carbonyl (C=O) groups excluding carboxylic acids is 1. The predicted octanol–water partition coefficient (Wildman–Crippen LogP) is 0.405. The Labute approximate surface area is 105 Å². The van der Waals surface area contributed by atoms with Crippen LogP contribution >= 0.6 is 0 Å². The van der Waals surface area contributed by atoms with Crippen molar-refractivity contribution in [3.63, 3.8) is 0 Å². The predicted molar refractivity (Wildman–Crippen MR) is 62.6 cm³/mol. The summed E-state index contributed by atoms with van der Waals surface area (Å²) in [5.74, 6) is 0. The smallest absolute Gasteiger partial charge is 0.407 e. The van der Waals surface area contributed by atoms with Crippen molar-refractivity contribution in [3.8, 4) is 0 Å². The lowest BCUT2D eigenvalue weighted by Crippen LogP contribution is -2.40. The Balaban J connectivity index is 2.04. The minimum absolute atomic E-state index is 0.0283. The molecule has 8 heteroatoms. The third-order valence-corrected chi connectivity index (χ3v) is 2.64. The maximum absolute atomic E-state index is 11.4. The third-order valence-electron chi connectivity index (χ3n) is 2.64. The molecule has 1 N–H and O–H groups in total. The van der Waals surface area contributed by atoms with Gasteiger partial charge in [0.25, 0.3) is 5.09 Å². The van der Waals surface area contributed by atoms with E-state index in [1.165, 1.54) is 0 Å². The molecule has 1 atom stereocenters. The highest BCUT2D eigenvalue weighted by atomic mass is 16.9. The Morgan fingerprint density at radius 3 is 3.06 bits per heavy atom. The summed E-state index contributed by atoms with van der Waals surface area (Å²) in [4.78, 5) is 27.5. The molecule has 1 aliphatic heterocycles. The number of ether oxygens (including phenoxy) is 1. The van der Waals surface area contributed by atoms with Crippen molar-refractivity contribution < 1.29 is 19.5 Å². The monoisotopic (exact) mass is 261 g/mol. The molecule has 1 heterocycles. The number of carbonyl (C=O) groups is 1. The number of hydrogen-bond donors (Lipinski definition) is 1. The molecule has 0 bridgehead atoms. The average molecular weight is 261 g/mol. The molecule has 1 unspecified atom stereocenters. The average Bonchev–Trinajstić information content (AvgIpc) is 2.28. The highest BCUT2D eigenvalue weighted by Crippen LogP contribution is 2.11. The molecular weight excluding hydrogens is 242 g/mol. The van der Waals surface area contributed by atoms with Gasteiger partial charge >= 0.3 is 6.09 Å². The molecule has 0 saturated carbocycles. The zero-order chi connectivity index (χ0) is 13.4. The molecule has 0 aliphatic carbocycles. The van der Waals surface area contributed by atoms with Crippen LogP contribution < -0.4 is 5.32 Å². The maximum atomic E-state index is 11.4. The summed E-state index contributed by atoms with van der Waals surface area (Å²) in [5.41, 5.74) is 0. The number of piperidine rings is 1. The Bertz CT molecular complexity index is 287. The van der Waals surface area contributed by atoms with Crippen molar-refractivity contribution in [1.82, 2.24) is 10.2 Å². The Kier molecular flexibility index (Phi) is 6.20. The first-order valence-corrected chi connectivity index (χ1v) is 5.98. The van der Waals surface area contributed by atoms with E-state index in [-0.39, 0.29) is 12.7 Å². The van der Waals surface area contributed by atoms with Gasteiger partial charge in [0.05, 0.1) is 6.61 Å². The zero-order valence-electron chi connectivity index (χ0n) is 10.5. The van der Waals surface area contributed by atoms with Crippen molar-refractivity contribution >= 4 is 6.09 Å². The fourth-order valence-electron chi connectivity index (χ4n) is 1.81. The second-order valence-electron chi connectivity index (χ2n) is 4.27. The van der Waals surface area contributed by atoms with Crippen LogP contribution in [0.3, 0.4) is 0 Å². The number of rotatable bonds is 6. The first kappa shape index (κ1) is 14.5. The summed E-state index contributed by atoms with van der Waals surface area (Å²) in [6.45, 7) is 2.05. The van der Waals surface area contributed by atoms with Gasteiger partial charge in [0.1, 0.15) is 6.10 Å². The minimum Gasteiger partial charge on any atom is -0.445 e. The summed E-state index contributed by atoms with van der Waals surface area (Å²) in [6, 6.07) is 0. The number of likely N-dealkylation sites (tertiary alicyclic amines) is 1. The molecule has 18 heavy (non-hydrogen) atoms. The highest BCUT2D eigenvalue weighted by molar-refractivity contribution is 5.67. The summed E-state index contributed by atoms with van der Waals surface area (Å²) in [6.07, 6.45) is 1.73. The summed E-state index contributed by atoms with van der Waals surface area (Å²) < 4.78 is 5.22. The summed E-state index contributed by atoms with van der Waals surface area (Å²) >= 11 is 0. The maximum Gasteiger partial charge on any atom is 0.407 e. The number of nitrogens with zero attached hydrogens (tertiary/aromatic N) is 2. The highest BCUT2D eigenvalue weighted by Gasteiger charge is 2.20. The van der Waals surface area contributed by atoms with Gasteiger partial charge in [0, 0.05) is 13.1 Å². The standard InChI is InChI=1S/C10H19N3O5/c1-12-6-2-4-9(8-12)18-10(14)11-5-3-7-17-13(15)16/h9H,2-8H2,1H3,(H,11,14). The van der Waals surface area contributed by atoms with Crippen LogP contribution in [0.2, 0.25) is 0 Å². The quantitative estimate of drug-likeness (QED) is 0.422. The second-order valence-corrected chi connectivity index (χ2v) is 4.27. The van der Waals surface area contributed by atoms with Crippen LogP contribution in [0.25, 0.3) is 0 Å². The van der Waals surface area contributed by atoms with Crippen molar-refractivity contribution in [2.75, 3.05) is 33.3 Å². The van der Waals surface area contributed by atoms with Crippen LogP contribution in [0.1, 0.15) is 19.3 Å². The Morgan fingerprint density at radius 2 is 2.39 bits per heavy atom.